The Morgan fingerprint density at radius 1 is 1.10 bits per heavy atom. The molecule has 0 unspecified atom stereocenters. The lowest BCUT2D eigenvalue weighted by molar-refractivity contribution is -0.137. The van der Waals surface area contributed by atoms with Crippen molar-refractivity contribution in [3.05, 3.63) is 62.5 Å². The molecule has 2 rings (SSSR count). The minimum absolute atomic E-state index is 0.223. The molecule has 5 nitrogen and oxygen atoms in total. The smallest absolute Gasteiger partial charge is 0.252 e. The Morgan fingerprint density at radius 2 is 1.71 bits per heavy atom. The van der Waals surface area contributed by atoms with Crippen molar-refractivity contribution in [2.24, 2.45) is 5.73 Å². The summed E-state index contributed by atoms with van der Waals surface area (Å²) in [6.45, 7) is 2.87. The summed E-state index contributed by atoms with van der Waals surface area (Å²) in [6.07, 6.45) is 3.67. The van der Waals surface area contributed by atoms with E-state index in [1.165, 1.54) is 4.90 Å². The molecule has 0 spiro atoms. The van der Waals surface area contributed by atoms with Crippen LogP contribution in [-0.2, 0) is 16.0 Å². The van der Waals surface area contributed by atoms with Gasteiger partial charge in [0.05, 0.1) is 0 Å². The molecular formula is C23H28BrCl2N3O2. The SMILES string of the molecule is CN(C(=O)[C@@](C)(Cc1ccc(Br)cc1)N(C=O)CCCCCN)c1cc(Cl)cc(Cl)c1. The minimum Gasteiger partial charge on any atom is -0.330 e. The van der Waals surface area contributed by atoms with Gasteiger partial charge in [0.25, 0.3) is 5.91 Å². The highest BCUT2D eigenvalue weighted by atomic mass is 79.9. The first-order valence-corrected chi connectivity index (χ1v) is 11.7. The second-order valence-electron chi connectivity index (χ2n) is 7.72. The number of hydrogen-bond donors (Lipinski definition) is 1. The van der Waals surface area contributed by atoms with Crippen molar-refractivity contribution in [3.8, 4) is 0 Å². The summed E-state index contributed by atoms with van der Waals surface area (Å²) in [5, 5.41) is 0.872. The second kappa shape index (κ2) is 11.9. The van der Waals surface area contributed by atoms with E-state index >= 15 is 0 Å². The van der Waals surface area contributed by atoms with E-state index in [4.69, 9.17) is 28.9 Å². The number of carbonyl (C=O) groups is 2. The van der Waals surface area contributed by atoms with Crippen molar-refractivity contribution >= 4 is 57.1 Å². The summed E-state index contributed by atoms with van der Waals surface area (Å²) in [5.41, 5.74) is 6.01. The maximum absolute atomic E-state index is 13.8. The minimum atomic E-state index is -1.10. The molecule has 0 saturated carbocycles. The summed E-state index contributed by atoms with van der Waals surface area (Å²) in [6, 6.07) is 12.7. The van der Waals surface area contributed by atoms with Crippen LogP contribution in [0.1, 0.15) is 31.7 Å². The molecule has 0 aromatic heterocycles. The topological polar surface area (TPSA) is 66.6 Å². The van der Waals surface area contributed by atoms with Gasteiger partial charge in [0, 0.05) is 40.2 Å². The van der Waals surface area contributed by atoms with Gasteiger partial charge in [0.15, 0.2) is 0 Å². The number of nitrogens with two attached hydrogens (primary N) is 1. The van der Waals surface area contributed by atoms with Crippen LogP contribution in [0.3, 0.4) is 0 Å². The van der Waals surface area contributed by atoms with Crippen LogP contribution in [0, 0.1) is 0 Å². The third kappa shape index (κ3) is 6.94. The van der Waals surface area contributed by atoms with Gasteiger partial charge in [0.1, 0.15) is 5.54 Å². The van der Waals surface area contributed by atoms with E-state index in [9.17, 15) is 9.59 Å². The largest absolute Gasteiger partial charge is 0.330 e. The van der Waals surface area contributed by atoms with E-state index in [2.05, 4.69) is 15.9 Å². The Hall–Kier alpha value is -1.60. The number of unbranched alkanes of at least 4 members (excludes halogenated alkanes) is 2. The van der Waals surface area contributed by atoms with Crippen molar-refractivity contribution in [1.29, 1.82) is 0 Å². The lowest BCUT2D eigenvalue weighted by atomic mass is 9.89. The molecule has 0 aliphatic carbocycles. The van der Waals surface area contributed by atoms with Gasteiger partial charge >= 0.3 is 0 Å². The molecule has 2 amide bonds. The number of rotatable bonds is 11. The number of anilines is 1. The molecule has 0 saturated heterocycles. The maximum Gasteiger partial charge on any atom is 0.252 e. The molecule has 8 heteroatoms. The van der Waals surface area contributed by atoms with Crippen LogP contribution >= 0.6 is 39.1 Å². The van der Waals surface area contributed by atoms with Gasteiger partial charge in [-0.1, -0.05) is 57.7 Å². The highest BCUT2D eigenvalue weighted by Gasteiger charge is 2.41. The Morgan fingerprint density at radius 3 is 2.26 bits per heavy atom. The highest BCUT2D eigenvalue weighted by molar-refractivity contribution is 9.10. The Bertz CT molecular complexity index is 875. The standard InChI is InChI=1S/C23H28BrCl2N3O2/c1-23(15-17-6-8-18(24)9-7-17,29(16-30)11-5-3-4-10-27)22(31)28(2)21-13-19(25)12-20(26)14-21/h6-9,12-14,16H,3-5,10-11,15,27H2,1-2H3/t23-/m1/s1. The Balaban J connectivity index is 2.39. The molecule has 0 aliphatic heterocycles. The molecule has 31 heavy (non-hydrogen) atoms. The first kappa shape index (κ1) is 25.7. The molecule has 2 aromatic rings. The van der Waals surface area contributed by atoms with E-state index < -0.39 is 5.54 Å². The third-order valence-corrected chi connectivity index (χ3v) is 6.29. The van der Waals surface area contributed by atoms with Crippen LogP contribution in [0.5, 0.6) is 0 Å². The third-order valence-electron chi connectivity index (χ3n) is 5.33. The van der Waals surface area contributed by atoms with E-state index in [-0.39, 0.29) is 5.91 Å². The van der Waals surface area contributed by atoms with Crippen LogP contribution in [0.15, 0.2) is 46.9 Å². The van der Waals surface area contributed by atoms with Gasteiger partial charge in [-0.05, 0) is 62.2 Å². The molecule has 0 bridgehead atoms. The predicted molar refractivity (Wildman–Crippen MR) is 132 cm³/mol. The van der Waals surface area contributed by atoms with Crippen molar-refractivity contribution in [3.63, 3.8) is 0 Å². The molecular weight excluding hydrogens is 501 g/mol. The molecule has 0 radical (unpaired) electrons. The molecule has 0 heterocycles. The quantitative estimate of drug-likeness (QED) is 0.317. The summed E-state index contributed by atoms with van der Waals surface area (Å²) in [4.78, 5) is 29.0. The van der Waals surface area contributed by atoms with Crippen LogP contribution in [0.25, 0.3) is 0 Å². The Kier molecular flexibility index (Phi) is 9.82. The van der Waals surface area contributed by atoms with Crippen LogP contribution in [0.2, 0.25) is 10.0 Å². The second-order valence-corrected chi connectivity index (χ2v) is 9.51. The average Bonchev–Trinajstić information content (AvgIpc) is 2.73. The van der Waals surface area contributed by atoms with Crippen molar-refractivity contribution < 1.29 is 9.59 Å². The number of halogens is 3. The first-order valence-electron chi connectivity index (χ1n) is 10.1. The van der Waals surface area contributed by atoms with Gasteiger partial charge in [-0.15, -0.1) is 0 Å². The zero-order valence-corrected chi connectivity index (χ0v) is 20.9. The summed E-state index contributed by atoms with van der Waals surface area (Å²) >= 11 is 15.7. The van der Waals surface area contributed by atoms with Crippen molar-refractivity contribution in [2.75, 3.05) is 25.0 Å². The lowest BCUT2D eigenvalue weighted by Gasteiger charge is -2.40. The number of amides is 2. The highest BCUT2D eigenvalue weighted by Crippen LogP contribution is 2.30. The van der Waals surface area contributed by atoms with E-state index in [0.717, 1.165) is 35.7 Å². The zero-order valence-electron chi connectivity index (χ0n) is 17.8. The average molecular weight is 529 g/mol. The fourth-order valence-corrected chi connectivity index (χ4v) is 4.31. The number of carbonyl (C=O) groups excluding carboxylic acids is 2. The first-order chi connectivity index (χ1) is 14.7. The zero-order chi connectivity index (χ0) is 23.0. The molecule has 0 fully saturated rings. The van der Waals surface area contributed by atoms with Gasteiger partial charge in [0.2, 0.25) is 6.41 Å². The number of nitrogens with zero attached hydrogens (tertiary/aromatic N) is 2. The number of likely N-dealkylation sites (N-methyl/N-ethyl adjacent to an activating group) is 1. The summed E-state index contributed by atoms with van der Waals surface area (Å²) < 4.78 is 0.948. The van der Waals surface area contributed by atoms with Gasteiger partial charge < -0.3 is 15.5 Å². The normalized spacial score (nSPS) is 12.8. The van der Waals surface area contributed by atoms with E-state index in [1.54, 1.807) is 37.1 Å². The Labute approximate surface area is 202 Å². The molecule has 1 atom stereocenters. The molecule has 168 valence electrons. The molecule has 0 aliphatic rings. The molecule has 2 N–H and O–H groups in total. The van der Waals surface area contributed by atoms with Crippen LogP contribution < -0.4 is 10.6 Å². The van der Waals surface area contributed by atoms with E-state index in [0.29, 0.717) is 35.2 Å². The van der Waals surface area contributed by atoms with Crippen LogP contribution in [0.4, 0.5) is 5.69 Å². The number of benzene rings is 2. The van der Waals surface area contributed by atoms with E-state index in [1.807, 2.05) is 24.3 Å². The fraction of sp³-hybridized carbons (Fsp3) is 0.391. The fourth-order valence-electron chi connectivity index (χ4n) is 3.53. The number of hydrogen-bond acceptors (Lipinski definition) is 3. The maximum atomic E-state index is 13.8. The summed E-state index contributed by atoms with van der Waals surface area (Å²) in [5.74, 6) is -0.223. The lowest BCUT2D eigenvalue weighted by Crippen LogP contribution is -2.58. The predicted octanol–water partition coefficient (Wildman–Crippen LogP) is 5.31. The summed E-state index contributed by atoms with van der Waals surface area (Å²) in [7, 11) is 1.67. The molecule has 2 aromatic carbocycles. The van der Waals surface area contributed by atoms with Gasteiger partial charge in [-0.3, -0.25) is 9.59 Å². The monoisotopic (exact) mass is 527 g/mol. The van der Waals surface area contributed by atoms with Gasteiger partial charge in [-0.25, -0.2) is 0 Å². The van der Waals surface area contributed by atoms with Crippen molar-refractivity contribution in [1.82, 2.24) is 4.90 Å². The van der Waals surface area contributed by atoms with Crippen molar-refractivity contribution in [2.45, 2.75) is 38.1 Å². The van der Waals surface area contributed by atoms with Gasteiger partial charge in [-0.2, -0.15) is 0 Å². The van der Waals surface area contributed by atoms with Crippen LogP contribution in [-0.4, -0.2) is 42.9 Å².